The molecule has 2 heterocycles. The van der Waals surface area contributed by atoms with Gasteiger partial charge in [-0.3, -0.25) is 4.79 Å². The minimum atomic E-state index is 0.000688. The number of carbonyl (C=O) groups excluding carboxylic acids is 1. The van der Waals surface area contributed by atoms with Gasteiger partial charge in [0.15, 0.2) is 0 Å². The maximum atomic E-state index is 12.0. The van der Waals surface area contributed by atoms with Crippen molar-refractivity contribution in [3.05, 3.63) is 42.2 Å². The average molecular weight is 324 g/mol. The van der Waals surface area contributed by atoms with Crippen LogP contribution in [0.4, 0.5) is 5.82 Å². The number of anilines is 1. The Labute approximate surface area is 140 Å². The first-order chi connectivity index (χ1) is 11.8. The van der Waals surface area contributed by atoms with E-state index in [0.29, 0.717) is 11.6 Å². The van der Waals surface area contributed by atoms with Gasteiger partial charge in [0.1, 0.15) is 12.1 Å². The number of carbonyl (C=O) groups is 1. The number of benzene rings is 1. The number of amides is 1. The van der Waals surface area contributed by atoms with Crippen molar-refractivity contribution >= 4 is 11.7 Å². The summed E-state index contributed by atoms with van der Waals surface area (Å²) in [6.45, 7) is 3.14. The largest absolute Gasteiger partial charge is 0.378 e. The van der Waals surface area contributed by atoms with Gasteiger partial charge in [0.2, 0.25) is 0 Å². The predicted molar refractivity (Wildman–Crippen MR) is 91.0 cm³/mol. The van der Waals surface area contributed by atoms with Crippen molar-refractivity contribution < 1.29 is 9.53 Å². The smallest absolute Gasteiger partial charge is 0.251 e. The molecule has 6 heteroatoms. The molecular weight excluding hydrogens is 304 g/mol. The van der Waals surface area contributed by atoms with Crippen LogP contribution in [0.2, 0.25) is 0 Å². The molecule has 0 spiro atoms. The van der Waals surface area contributed by atoms with Crippen LogP contribution in [-0.4, -0.2) is 48.2 Å². The lowest BCUT2D eigenvalue weighted by Gasteiger charge is -2.27. The second-order valence-electron chi connectivity index (χ2n) is 6.19. The number of hydrogen-bond donors (Lipinski definition) is 1. The Morgan fingerprint density at radius 2 is 1.88 bits per heavy atom. The highest BCUT2D eigenvalue weighted by Gasteiger charge is 2.23. The van der Waals surface area contributed by atoms with Crippen LogP contribution in [0, 0.1) is 0 Å². The Morgan fingerprint density at radius 3 is 2.58 bits per heavy atom. The summed E-state index contributed by atoms with van der Waals surface area (Å²) >= 11 is 0. The Morgan fingerprint density at radius 1 is 1.12 bits per heavy atom. The molecule has 6 nitrogen and oxygen atoms in total. The lowest BCUT2D eigenvalue weighted by molar-refractivity contribution is 0.0951. The Bertz CT molecular complexity index is 722. The molecule has 1 N–H and O–H groups in total. The van der Waals surface area contributed by atoms with Gasteiger partial charge in [0.05, 0.1) is 18.9 Å². The van der Waals surface area contributed by atoms with Gasteiger partial charge in [-0.15, -0.1) is 0 Å². The number of rotatable bonds is 4. The van der Waals surface area contributed by atoms with Gasteiger partial charge in [-0.25, -0.2) is 9.97 Å². The first-order valence-corrected chi connectivity index (χ1v) is 8.36. The fourth-order valence-electron chi connectivity index (χ4n) is 2.76. The molecule has 124 valence electrons. The summed E-state index contributed by atoms with van der Waals surface area (Å²) in [5.74, 6) is 0.916. The summed E-state index contributed by atoms with van der Waals surface area (Å²) in [7, 11) is 0. The van der Waals surface area contributed by atoms with Gasteiger partial charge in [-0.2, -0.15) is 0 Å². The summed E-state index contributed by atoms with van der Waals surface area (Å²) in [5, 5.41) is 3.00. The van der Waals surface area contributed by atoms with Crippen LogP contribution in [0.25, 0.3) is 11.3 Å². The van der Waals surface area contributed by atoms with Gasteiger partial charge in [0, 0.05) is 36.3 Å². The number of nitrogens with one attached hydrogen (secondary N) is 1. The average Bonchev–Trinajstić information content (AvgIpc) is 3.47. The molecular formula is C18H20N4O2. The molecule has 1 aromatic heterocycles. The third-order valence-corrected chi connectivity index (χ3v) is 4.34. The van der Waals surface area contributed by atoms with Gasteiger partial charge in [0.25, 0.3) is 5.91 Å². The quantitative estimate of drug-likeness (QED) is 0.930. The second-order valence-corrected chi connectivity index (χ2v) is 6.19. The summed E-state index contributed by atoms with van der Waals surface area (Å²) in [4.78, 5) is 23.0. The van der Waals surface area contributed by atoms with Gasteiger partial charge in [-0.05, 0) is 25.0 Å². The Hall–Kier alpha value is -2.47. The molecule has 1 aromatic carbocycles. The summed E-state index contributed by atoms with van der Waals surface area (Å²) in [6, 6.07) is 9.94. The topological polar surface area (TPSA) is 67.4 Å². The van der Waals surface area contributed by atoms with Crippen LogP contribution in [0.15, 0.2) is 36.7 Å². The maximum absolute atomic E-state index is 12.0. The summed E-state index contributed by atoms with van der Waals surface area (Å²) in [6.07, 6.45) is 3.78. The van der Waals surface area contributed by atoms with Crippen molar-refractivity contribution in [2.24, 2.45) is 0 Å². The van der Waals surface area contributed by atoms with E-state index in [4.69, 9.17) is 4.74 Å². The third kappa shape index (κ3) is 3.38. The van der Waals surface area contributed by atoms with Crippen LogP contribution < -0.4 is 10.2 Å². The van der Waals surface area contributed by atoms with Crippen LogP contribution in [0.5, 0.6) is 0 Å². The number of hydrogen-bond acceptors (Lipinski definition) is 5. The number of nitrogens with zero attached hydrogens (tertiary/aromatic N) is 3. The van der Waals surface area contributed by atoms with Gasteiger partial charge in [-0.1, -0.05) is 12.1 Å². The van der Waals surface area contributed by atoms with Gasteiger partial charge < -0.3 is 15.0 Å². The fraction of sp³-hybridized carbons (Fsp3) is 0.389. The number of aromatic nitrogens is 2. The molecule has 0 atom stereocenters. The molecule has 2 aliphatic rings. The third-order valence-electron chi connectivity index (χ3n) is 4.34. The minimum Gasteiger partial charge on any atom is -0.378 e. The highest BCUT2D eigenvalue weighted by atomic mass is 16.5. The van der Waals surface area contributed by atoms with Crippen molar-refractivity contribution in [2.45, 2.75) is 18.9 Å². The van der Waals surface area contributed by atoms with Crippen LogP contribution in [-0.2, 0) is 4.74 Å². The van der Waals surface area contributed by atoms with E-state index in [1.54, 1.807) is 6.33 Å². The molecule has 2 fully saturated rings. The first kappa shape index (κ1) is 15.1. The van der Waals surface area contributed by atoms with Crippen LogP contribution in [0.1, 0.15) is 23.2 Å². The molecule has 0 radical (unpaired) electrons. The van der Waals surface area contributed by atoms with E-state index in [1.807, 2.05) is 30.3 Å². The summed E-state index contributed by atoms with van der Waals surface area (Å²) < 4.78 is 5.38. The predicted octanol–water partition coefficient (Wildman–Crippen LogP) is 1.87. The van der Waals surface area contributed by atoms with E-state index in [1.165, 1.54) is 0 Å². The monoisotopic (exact) mass is 324 g/mol. The summed E-state index contributed by atoms with van der Waals surface area (Å²) in [5.41, 5.74) is 2.53. The number of morpholine rings is 1. The molecule has 1 aliphatic carbocycles. The highest BCUT2D eigenvalue weighted by Crippen LogP contribution is 2.23. The Kier molecular flexibility index (Phi) is 4.13. The van der Waals surface area contributed by atoms with E-state index in [9.17, 15) is 4.79 Å². The molecule has 0 unspecified atom stereocenters. The molecule has 1 aliphatic heterocycles. The molecule has 1 saturated heterocycles. The van der Waals surface area contributed by atoms with Gasteiger partial charge >= 0.3 is 0 Å². The van der Waals surface area contributed by atoms with Crippen molar-refractivity contribution in [1.82, 2.24) is 15.3 Å². The van der Waals surface area contributed by atoms with E-state index in [-0.39, 0.29) is 5.91 Å². The van der Waals surface area contributed by atoms with E-state index < -0.39 is 0 Å². The van der Waals surface area contributed by atoms with Crippen molar-refractivity contribution in [3.63, 3.8) is 0 Å². The molecule has 1 saturated carbocycles. The zero-order valence-corrected chi connectivity index (χ0v) is 13.4. The highest BCUT2D eigenvalue weighted by molar-refractivity contribution is 5.95. The van der Waals surface area contributed by atoms with Crippen LogP contribution >= 0.6 is 0 Å². The van der Waals surface area contributed by atoms with E-state index in [2.05, 4.69) is 20.2 Å². The first-order valence-electron chi connectivity index (χ1n) is 8.36. The number of ether oxygens (including phenoxy) is 1. The van der Waals surface area contributed by atoms with E-state index in [0.717, 1.165) is 56.2 Å². The normalized spacial score (nSPS) is 17.6. The molecule has 2 aromatic rings. The lowest BCUT2D eigenvalue weighted by atomic mass is 10.1. The van der Waals surface area contributed by atoms with Crippen LogP contribution in [0.3, 0.4) is 0 Å². The zero-order valence-electron chi connectivity index (χ0n) is 13.4. The fourth-order valence-corrected chi connectivity index (χ4v) is 2.76. The van der Waals surface area contributed by atoms with Crippen molar-refractivity contribution in [3.8, 4) is 11.3 Å². The van der Waals surface area contributed by atoms with Crippen molar-refractivity contribution in [1.29, 1.82) is 0 Å². The second kappa shape index (κ2) is 6.57. The Balaban J connectivity index is 1.51. The lowest BCUT2D eigenvalue weighted by Crippen LogP contribution is -2.36. The molecule has 0 bridgehead atoms. The molecule has 4 rings (SSSR count). The molecule has 24 heavy (non-hydrogen) atoms. The molecule has 1 amide bonds. The standard InChI is InChI=1S/C18H20N4O2/c23-18(21-15-5-6-15)14-3-1-13(2-4-14)16-11-17(20-12-19-16)22-7-9-24-10-8-22/h1-4,11-12,15H,5-10H2,(H,21,23). The van der Waals surface area contributed by atoms with Crippen molar-refractivity contribution in [2.75, 3.05) is 31.2 Å². The van der Waals surface area contributed by atoms with E-state index >= 15 is 0 Å². The maximum Gasteiger partial charge on any atom is 0.251 e. The SMILES string of the molecule is O=C(NC1CC1)c1ccc(-c2cc(N3CCOCC3)ncn2)cc1. The minimum absolute atomic E-state index is 0.000688. The zero-order chi connectivity index (χ0) is 16.4.